The van der Waals surface area contributed by atoms with Crippen LogP contribution in [0.4, 0.5) is 0 Å². The van der Waals surface area contributed by atoms with Gasteiger partial charge in [0.25, 0.3) is 0 Å². The zero-order valence-corrected chi connectivity index (χ0v) is 13.3. The van der Waals surface area contributed by atoms with Gasteiger partial charge in [0.1, 0.15) is 11.5 Å². The van der Waals surface area contributed by atoms with Gasteiger partial charge in [-0.1, -0.05) is 0 Å². The zero-order valence-electron chi connectivity index (χ0n) is 13.3. The van der Waals surface area contributed by atoms with Crippen molar-refractivity contribution < 1.29 is 14.6 Å². The molecule has 1 aromatic heterocycles. The third kappa shape index (κ3) is 2.87. The second kappa shape index (κ2) is 6.04. The lowest BCUT2D eigenvalue weighted by Gasteiger charge is -2.13. The van der Waals surface area contributed by atoms with E-state index in [-0.39, 0.29) is 11.5 Å². The quantitative estimate of drug-likeness (QED) is 0.699. The lowest BCUT2D eigenvalue weighted by atomic mass is 10.1. The number of H-pyrrole nitrogens is 1. The van der Waals surface area contributed by atoms with Crippen molar-refractivity contribution in [2.24, 2.45) is 0 Å². The van der Waals surface area contributed by atoms with Crippen LogP contribution in [0.25, 0.3) is 10.9 Å². The molecule has 1 aliphatic carbocycles. The number of phenols is 1. The smallest absolute Gasteiger partial charge is 0.209 e. The van der Waals surface area contributed by atoms with E-state index in [2.05, 4.69) is 4.98 Å². The van der Waals surface area contributed by atoms with E-state index < -0.39 is 0 Å². The summed E-state index contributed by atoms with van der Waals surface area (Å²) < 4.78 is 5.93. The highest BCUT2D eigenvalue weighted by molar-refractivity contribution is 6.10. The summed E-state index contributed by atoms with van der Waals surface area (Å²) >= 11 is 0. The number of ether oxygens (including phenoxy) is 1. The van der Waals surface area contributed by atoms with Gasteiger partial charge in [-0.2, -0.15) is 0 Å². The molecule has 1 saturated carbocycles. The number of carbonyl (C=O) groups excluding carboxylic acids is 1. The van der Waals surface area contributed by atoms with Gasteiger partial charge >= 0.3 is 0 Å². The first kappa shape index (κ1) is 14.8. The summed E-state index contributed by atoms with van der Waals surface area (Å²) in [6.07, 6.45) is 5.01. The van der Waals surface area contributed by atoms with Crippen LogP contribution in [0.3, 0.4) is 0 Å². The fraction of sp³-hybridized carbons (Fsp3) is 0.250. The lowest BCUT2D eigenvalue weighted by Crippen LogP contribution is -2.11. The number of carbonyl (C=O) groups is 1. The van der Waals surface area contributed by atoms with Crippen LogP contribution in [0, 0.1) is 0 Å². The maximum Gasteiger partial charge on any atom is 0.209 e. The molecular weight excluding hydrogens is 302 g/mol. The molecule has 0 atom stereocenters. The number of rotatable bonds is 4. The first-order valence-electron chi connectivity index (χ1n) is 8.32. The van der Waals surface area contributed by atoms with E-state index >= 15 is 0 Å². The molecule has 122 valence electrons. The van der Waals surface area contributed by atoms with Crippen molar-refractivity contribution in [2.45, 2.75) is 31.8 Å². The molecule has 0 radical (unpaired) electrons. The molecule has 2 aromatic carbocycles. The highest BCUT2D eigenvalue weighted by atomic mass is 16.5. The standard InChI is InChI=1S/C20H19NO3/c22-15-7-10-18-14(11-15)12-19(21-18)20(23)13-5-8-17(9-6-13)24-16-3-1-2-4-16/h5-12,16,21-22H,1-4H2. The molecule has 3 aromatic rings. The molecule has 0 unspecified atom stereocenters. The van der Waals surface area contributed by atoms with Crippen LogP contribution in [0.1, 0.15) is 41.7 Å². The van der Waals surface area contributed by atoms with Gasteiger partial charge in [-0.05, 0) is 74.2 Å². The summed E-state index contributed by atoms with van der Waals surface area (Å²) in [5.74, 6) is 0.937. The fourth-order valence-electron chi connectivity index (χ4n) is 3.28. The second-order valence-electron chi connectivity index (χ2n) is 6.33. The Morgan fingerprint density at radius 1 is 1.04 bits per heavy atom. The molecule has 4 rings (SSSR count). The number of aromatic nitrogens is 1. The Kier molecular flexibility index (Phi) is 3.73. The molecule has 0 spiro atoms. The molecule has 0 amide bonds. The summed E-state index contributed by atoms with van der Waals surface area (Å²) in [6, 6.07) is 14.1. The maximum absolute atomic E-state index is 12.6. The predicted molar refractivity (Wildman–Crippen MR) is 92.7 cm³/mol. The minimum Gasteiger partial charge on any atom is -0.508 e. The Labute approximate surface area is 140 Å². The maximum atomic E-state index is 12.6. The van der Waals surface area contributed by atoms with Gasteiger partial charge in [0, 0.05) is 16.5 Å². The Balaban J connectivity index is 1.54. The van der Waals surface area contributed by atoms with Crippen LogP contribution >= 0.6 is 0 Å². The Morgan fingerprint density at radius 3 is 2.54 bits per heavy atom. The van der Waals surface area contributed by atoms with Crippen LogP contribution in [0.2, 0.25) is 0 Å². The van der Waals surface area contributed by atoms with Crippen LogP contribution < -0.4 is 4.74 Å². The number of aromatic amines is 1. The van der Waals surface area contributed by atoms with Gasteiger partial charge in [0.15, 0.2) is 0 Å². The van der Waals surface area contributed by atoms with E-state index in [1.807, 2.05) is 12.1 Å². The third-order valence-corrected chi connectivity index (χ3v) is 4.57. The molecule has 2 N–H and O–H groups in total. The van der Waals surface area contributed by atoms with E-state index in [4.69, 9.17) is 4.74 Å². The molecule has 0 aliphatic heterocycles. The molecule has 4 heteroatoms. The lowest BCUT2D eigenvalue weighted by molar-refractivity contribution is 0.103. The summed E-state index contributed by atoms with van der Waals surface area (Å²) in [4.78, 5) is 15.7. The van der Waals surface area contributed by atoms with Crippen LogP contribution in [-0.2, 0) is 0 Å². The van der Waals surface area contributed by atoms with Gasteiger partial charge in [-0.25, -0.2) is 0 Å². The second-order valence-corrected chi connectivity index (χ2v) is 6.33. The zero-order chi connectivity index (χ0) is 16.5. The highest BCUT2D eigenvalue weighted by Crippen LogP contribution is 2.25. The van der Waals surface area contributed by atoms with Gasteiger partial charge < -0.3 is 14.8 Å². The topological polar surface area (TPSA) is 62.3 Å². The molecule has 1 fully saturated rings. The molecule has 1 aliphatic rings. The minimum atomic E-state index is -0.0712. The monoisotopic (exact) mass is 321 g/mol. The van der Waals surface area contributed by atoms with Gasteiger partial charge in [0.05, 0.1) is 11.8 Å². The summed E-state index contributed by atoms with van der Waals surface area (Å²) in [5, 5.41) is 10.3. The number of hydrogen-bond acceptors (Lipinski definition) is 3. The van der Waals surface area contributed by atoms with E-state index in [9.17, 15) is 9.90 Å². The van der Waals surface area contributed by atoms with Gasteiger partial charge in [-0.15, -0.1) is 0 Å². The molecule has 4 nitrogen and oxygen atoms in total. The summed E-state index contributed by atoms with van der Waals surface area (Å²) in [5.41, 5.74) is 1.96. The number of ketones is 1. The number of phenolic OH excluding ortho intramolecular Hbond substituents is 1. The minimum absolute atomic E-state index is 0.0712. The van der Waals surface area contributed by atoms with E-state index in [0.29, 0.717) is 17.4 Å². The van der Waals surface area contributed by atoms with E-state index in [1.54, 1.807) is 36.4 Å². The average molecular weight is 321 g/mol. The third-order valence-electron chi connectivity index (χ3n) is 4.57. The summed E-state index contributed by atoms with van der Waals surface area (Å²) in [7, 11) is 0. The summed E-state index contributed by atoms with van der Waals surface area (Å²) in [6.45, 7) is 0. The van der Waals surface area contributed by atoms with Gasteiger partial charge in [-0.3, -0.25) is 4.79 Å². The first-order valence-corrected chi connectivity index (χ1v) is 8.32. The fourth-order valence-corrected chi connectivity index (χ4v) is 3.28. The average Bonchev–Trinajstić information content (AvgIpc) is 3.24. The van der Waals surface area contributed by atoms with Gasteiger partial charge in [0.2, 0.25) is 5.78 Å². The van der Waals surface area contributed by atoms with Crippen molar-refractivity contribution in [3.63, 3.8) is 0 Å². The van der Waals surface area contributed by atoms with Crippen LogP contribution in [0.5, 0.6) is 11.5 Å². The van der Waals surface area contributed by atoms with Crippen LogP contribution in [0.15, 0.2) is 48.5 Å². The number of hydrogen-bond donors (Lipinski definition) is 2. The van der Waals surface area contributed by atoms with Crippen molar-refractivity contribution in [3.05, 3.63) is 59.8 Å². The van der Waals surface area contributed by atoms with Crippen molar-refractivity contribution in [2.75, 3.05) is 0 Å². The molecule has 0 saturated heterocycles. The molecule has 24 heavy (non-hydrogen) atoms. The molecular formula is C20H19NO3. The predicted octanol–water partition coefficient (Wildman–Crippen LogP) is 4.43. The first-order chi connectivity index (χ1) is 11.7. The van der Waals surface area contributed by atoms with Crippen LogP contribution in [-0.4, -0.2) is 22.0 Å². The molecule has 0 bridgehead atoms. The van der Waals surface area contributed by atoms with E-state index in [1.165, 1.54) is 12.8 Å². The van der Waals surface area contributed by atoms with Crippen molar-refractivity contribution in [1.29, 1.82) is 0 Å². The Hall–Kier alpha value is -2.75. The Morgan fingerprint density at radius 2 is 1.79 bits per heavy atom. The number of aromatic hydroxyl groups is 1. The van der Waals surface area contributed by atoms with Crippen molar-refractivity contribution in [3.8, 4) is 11.5 Å². The largest absolute Gasteiger partial charge is 0.508 e. The normalized spacial score (nSPS) is 15.0. The number of fused-ring (bicyclic) bond motifs is 1. The van der Waals surface area contributed by atoms with Crippen molar-refractivity contribution in [1.82, 2.24) is 4.98 Å². The number of nitrogens with one attached hydrogen (secondary N) is 1. The molecule has 1 heterocycles. The SMILES string of the molecule is O=C(c1ccc(OC2CCCC2)cc1)c1cc2cc(O)ccc2[nH]1. The number of benzene rings is 2. The van der Waals surface area contributed by atoms with E-state index in [0.717, 1.165) is 29.5 Å². The highest BCUT2D eigenvalue weighted by Gasteiger charge is 2.17. The Bertz CT molecular complexity index is 874. The van der Waals surface area contributed by atoms with Crippen molar-refractivity contribution >= 4 is 16.7 Å².